The molecule has 0 aromatic heterocycles. The molecule has 2 aliphatic heterocycles. The third-order valence-corrected chi connectivity index (χ3v) is 6.70. The number of rotatable bonds is 5. The first-order valence-electron chi connectivity index (χ1n) is 8.63. The Hall–Kier alpha value is -1.11. The van der Waals surface area contributed by atoms with E-state index in [1.165, 1.54) is 5.69 Å². The van der Waals surface area contributed by atoms with Crippen LogP contribution in [0, 0.1) is 5.92 Å². The minimum absolute atomic E-state index is 0.116. The Morgan fingerprint density at radius 1 is 1.13 bits per heavy atom. The Balaban J connectivity index is 1.53. The second kappa shape index (κ2) is 7.20. The van der Waals surface area contributed by atoms with Crippen LogP contribution in [-0.4, -0.2) is 44.9 Å². The first-order valence-corrected chi connectivity index (χ1v) is 10.1. The van der Waals surface area contributed by atoms with Gasteiger partial charge in [-0.1, -0.05) is 24.6 Å². The number of hydrogen-bond donors (Lipinski definition) is 1. The van der Waals surface area contributed by atoms with E-state index in [-0.39, 0.29) is 6.04 Å². The number of nitrogens with one attached hydrogen (secondary N) is 1. The number of anilines is 1. The van der Waals surface area contributed by atoms with Crippen molar-refractivity contribution in [1.82, 2.24) is 9.03 Å². The van der Waals surface area contributed by atoms with Crippen molar-refractivity contribution in [2.24, 2.45) is 5.92 Å². The highest BCUT2D eigenvalue weighted by atomic mass is 32.2. The fourth-order valence-corrected chi connectivity index (χ4v) is 5.17. The van der Waals surface area contributed by atoms with Crippen LogP contribution in [0.15, 0.2) is 30.3 Å². The van der Waals surface area contributed by atoms with Crippen LogP contribution >= 0.6 is 0 Å². The van der Waals surface area contributed by atoms with Crippen molar-refractivity contribution in [3.63, 3.8) is 0 Å². The lowest BCUT2D eigenvalue weighted by Crippen LogP contribution is -2.48. The molecule has 0 radical (unpaired) electrons. The van der Waals surface area contributed by atoms with Crippen molar-refractivity contribution in [3.8, 4) is 0 Å². The molecule has 2 aliphatic rings. The summed E-state index contributed by atoms with van der Waals surface area (Å²) in [7, 11) is -3.34. The molecule has 0 saturated carbocycles. The first kappa shape index (κ1) is 16.7. The molecule has 128 valence electrons. The molecule has 0 spiro atoms. The van der Waals surface area contributed by atoms with E-state index in [1.807, 2.05) is 25.1 Å². The highest BCUT2D eigenvalue weighted by molar-refractivity contribution is 7.87. The third kappa shape index (κ3) is 4.05. The van der Waals surface area contributed by atoms with Gasteiger partial charge < -0.3 is 4.90 Å². The van der Waals surface area contributed by atoms with Crippen molar-refractivity contribution in [2.75, 3.05) is 31.1 Å². The van der Waals surface area contributed by atoms with Crippen LogP contribution in [0.5, 0.6) is 0 Å². The molecular weight excluding hydrogens is 310 g/mol. The first-order chi connectivity index (χ1) is 11.1. The van der Waals surface area contributed by atoms with Crippen LogP contribution in [0.1, 0.15) is 32.6 Å². The van der Waals surface area contributed by atoms with Gasteiger partial charge in [0.15, 0.2) is 0 Å². The average molecular weight is 337 g/mol. The van der Waals surface area contributed by atoms with E-state index < -0.39 is 10.2 Å². The fourth-order valence-electron chi connectivity index (χ4n) is 3.61. The molecule has 2 fully saturated rings. The topological polar surface area (TPSA) is 52.7 Å². The van der Waals surface area contributed by atoms with Gasteiger partial charge in [-0.2, -0.15) is 12.7 Å². The summed E-state index contributed by atoms with van der Waals surface area (Å²) in [6.45, 7) is 5.11. The Kier molecular flexibility index (Phi) is 5.24. The summed E-state index contributed by atoms with van der Waals surface area (Å²) in [6, 6.07) is 10.5. The molecule has 1 aromatic carbocycles. The van der Waals surface area contributed by atoms with Crippen LogP contribution in [0.25, 0.3) is 0 Å². The van der Waals surface area contributed by atoms with Crippen LogP contribution in [0.4, 0.5) is 5.69 Å². The average Bonchev–Trinajstić information content (AvgIpc) is 3.03. The lowest BCUT2D eigenvalue weighted by Gasteiger charge is -2.32. The van der Waals surface area contributed by atoms with Gasteiger partial charge in [-0.3, -0.25) is 0 Å². The van der Waals surface area contributed by atoms with Crippen molar-refractivity contribution in [3.05, 3.63) is 30.3 Å². The lowest BCUT2D eigenvalue weighted by molar-refractivity contribution is 0.264. The van der Waals surface area contributed by atoms with Crippen molar-refractivity contribution in [2.45, 2.75) is 38.6 Å². The van der Waals surface area contributed by atoms with Crippen LogP contribution in [0.2, 0.25) is 0 Å². The predicted octanol–water partition coefficient (Wildman–Crippen LogP) is 2.22. The van der Waals surface area contributed by atoms with Crippen LogP contribution < -0.4 is 9.62 Å². The largest absolute Gasteiger partial charge is 0.371 e. The van der Waals surface area contributed by atoms with Gasteiger partial charge in [0.1, 0.15) is 0 Å². The summed E-state index contributed by atoms with van der Waals surface area (Å²) >= 11 is 0. The maximum Gasteiger partial charge on any atom is 0.279 e. The van der Waals surface area contributed by atoms with Crippen LogP contribution in [-0.2, 0) is 10.2 Å². The van der Waals surface area contributed by atoms with E-state index in [1.54, 1.807) is 4.31 Å². The van der Waals surface area contributed by atoms with Gasteiger partial charge in [-0.15, -0.1) is 0 Å². The van der Waals surface area contributed by atoms with Gasteiger partial charge in [0, 0.05) is 37.9 Å². The number of nitrogens with zero attached hydrogens (tertiary/aromatic N) is 2. The highest BCUT2D eigenvalue weighted by Gasteiger charge is 2.31. The smallest absolute Gasteiger partial charge is 0.279 e. The molecule has 0 bridgehead atoms. The highest BCUT2D eigenvalue weighted by Crippen LogP contribution is 2.24. The predicted molar refractivity (Wildman–Crippen MR) is 93.7 cm³/mol. The number of benzene rings is 1. The molecule has 2 saturated heterocycles. The third-order valence-electron chi connectivity index (χ3n) is 5.01. The Labute approximate surface area is 139 Å². The lowest BCUT2D eigenvalue weighted by atomic mass is 10.1. The van der Waals surface area contributed by atoms with E-state index in [0.717, 1.165) is 38.8 Å². The van der Waals surface area contributed by atoms with Gasteiger partial charge >= 0.3 is 0 Å². The molecule has 3 rings (SSSR count). The quantitative estimate of drug-likeness (QED) is 0.896. The molecule has 6 heteroatoms. The van der Waals surface area contributed by atoms with Crippen molar-refractivity contribution >= 4 is 15.9 Å². The summed E-state index contributed by atoms with van der Waals surface area (Å²) in [4.78, 5) is 2.34. The molecule has 2 heterocycles. The minimum atomic E-state index is -3.34. The van der Waals surface area contributed by atoms with Crippen LogP contribution in [0.3, 0.4) is 0 Å². The standard InChI is InChI=1S/C17H27N3O2S/c1-15-7-5-6-11-20(15)23(21,22)18-13-16-10-12-19(14-16)17-8-3-2-4-9-17/h2-4,8-9,15-16,18H,5-7,10-14H2,1H3. The van der Waals surface area contributed by atoms with Gasteiger partial charge in [0.05, 0.1) is 0 Å². The number of piperidine rings is 1. The molecule has 0 aliphatic carbocycles. The van der Waals surface area contributed by atoms with Gasteiger partial charge in [-0.25, -0.2) is 4.72 Å². The Morgan fingerprint density at radius 3 is 2.65 bits per heavy atom. The van der Waals surface area contributed by atoms with E-state index in [4.69, 9.17) is 0 Å². The summed E-state index contributed by atoms with van der Waals surface area (Å²) in [5.41, 5.74) is 1.22. The molecule has 2 atom stereocenters. The van der Waals surface area contributed by atoms with E-state index in [0.29, 0.717) is 19.0 Å². The zero-order chi connectivity index (χ0) is 16.3. The molecule has 1 N–H and O–H groups in total. The van der Waals surface area contributed by atoms with Gasteiger partial charge in [0.25, 0.3) is 10.2 Å². The summed E-state index contributed by atoms with van der Waals surface area (Å²) in [5.74, 6) is 0.380. The van der Waals surface area contributed by atoms with E-state index >= 15 is 0 Å². The fraction of sp³-hybridized carbons (Fsp3) is 0.647. The minimum Gasteiger partial charge on any atom is -0.371 e. The van der Waals surface area contributed by atoms with Gasteiger partial charge in [0.2, 0.25) is 0 Å². The monoisotopic (exact) mass is 337 g/mol. The zero-order valence-electron chi connectivity index (χ0n) is 13.8. The summed E-state index contributed by atoms with van der Waals surface area (Å²) in [6.07, 6.45) is 4.09. The molecule has 5 nitrogen and oxygen atoms in total. The van der Waals surface area contributed by atoms with E-state index in [2.05, 4.69) is 21.8 Å². The summed E-state index contributed by atoms with van der Waals surface area (Å²) < 4.78 is 29.5. The molecule has 0 amide bonds. The second-order valence-electron chi connectivity index (χ2n) is 6.75. The Bertz CT molecular complexity index is 606. The normalized spacial score (nSPS) is 26.6. The summed E-state index contributed by atoms with van der Waals surface area (Å²) in [5, 5.41) is 0. The Morgan fingerprint density at radius 2 is 1.91 bits per heavy atom. The zero-order valence-corrected chi connectivity index (χ0v) is 14.6. The maximum absolute atomic E-state index is 12.5. The molecule has 2 unspecified atom stereocenters. The van der Waals surface area contributed by atoms with Crippen molar-refractivity contribution in [1.29, 1.82) is 0 Å². The van der Waals surface area contributed by atoms with Gasteiger partial charge in [-0.05, 0) is 44.2 Å². The molecule has 1 aromatic rings. The SMILES string of the molecule is CC1CCCCN1S(=O)(=O)NCC1CCN(c2ccccc2)C1. The number of para-hydroxylation sites is 1. The molecular formula is C17H27N3O2S. The van der Waals surface area contributed by atoms with E-state index in [9.17, 15) is 8.42 Å². The second-order valence-corrected chi connectivity index (χ2v) is 8.45. The molecule has 23 heavy (non-hydrogen) atoms. The number of hydrogen-bond acceptors (Lipinski definition) is 3. The van der Waals surface area contributed by atoms with Crippen molar-refractivity contribution < 1.29 is 8.42 Å². The maximum atomic E-state index is 12.5.